The molecule has 1 aromatic rings. The molecule has 2 unspecified atom stereocenters. The number of hydrogen-bond donors (Lipinski definition) is 6. The highest BCUT2D eigenvalue weighted by Crippen LogP contribution is 2.41. The molecule has 9 N–H and O–H groups in total. The average molecular weight is 626 g/mol. The van der Waals surface area contributed by atoms with E-state index in [1.165, 1.54) is 35.8 Å². The number of oxime groups is 1. The van der Waals surface area contributed by atoms with Crippen LogP contribution in [0.2, 0.25) is 0 Å². The molecule has 3 aliphatic rings. The first-order chi connectivity index (χ1) is 19.4. The van der Waals surface area contributed by atoms with Crippen LogP contribution in [0.1, 0.15) is 19.0 Å². The van der Waals surface area contributed by atoms with Gasteiger partial charge in [-0.3, -0.25) is 19.3 Å². The number of carboxylic acid groups (broad SMARTS) is 2. The van der Waals surface area contributed by atoms with Gasteiger partial charge in [0.1, 0.15) is 35.1 Å². The molecule has 0 aliphatic carbocycles. The number of nitrogen functional groups attached to an aromatic ring is 1. The Morgan fingerprint density at radius 3 is 2.68 bits per heavy atom. The highest BCUT2D eigenvalue weighted by atomic mass is 32.2. The van der Waals surface area contributed by atoms with Crippen molar-refractivity contribution >= 4 is 75.4 Å². The number of thioether (sulfide) groups is 2. The Kier molecular flexibility index (Phi) is 9.10. The first-order valence-electron chi connectivity index (χ1n) is 11.9. The number of hydrogen-bond acceptors (Lipinski definition) is 15. The highest BCUT2D eigenvalue weighted by molar-refractivity contribution is 8.03. The molecule has 220 valence electrons. The monoisotopic (exact) mass is 625 g/mol. The molecule has 0 radical (unpaired) electrons. The summed E-state index contributed by atoms with van der Waals surface area (Å²) >= 11 is 3.59. The van der Waals surface area contributed by atoms with Gasteiger partial charge in [-0.15, -0.1) is 34.9 Å². The molecule has 3 aliphatic heterocycles. The van der Waals surface area contributed by atoms with E-state index in [9.17, 15) is 24.3 Å². The summed E-state index contributed by atoms with van der Waals surface area (Å²) in [7, 11) is 1.70. The number of carboxylic acids is 2. The fourth-order valence-corrected chi connectivity index (χ4v) is 6.89. The molecule has 1 aromatic heterocycles. The quantitative estimate of drug-likeness (QED) is 0.0997. The molecule has 4 atom stereocenters. The summed E-state index contributed by atoms with van der Waals surface area (Å²) in [6, 6.07) is -1.05. The number of thiazole rings is 1. The zero-order valence-corrected chi connectivity index (χ0v) is 24.2. The Balaban J connectivity index is 1.48. The molecular weight excluding hydrogens is 598 g/mol. The fourth-order valence-electron chi connectivity index (χ4n) is 3.91. The molecule has 0 aromatic carbocycles. The number of anilines is 1. The van der Waals surface area contributed by atoms with Crippen LogP contribution in [0.4, 0.5) is 5.13 Å². The predicted molar refractivity (Wildman–Crippen MR) is 153 cm³/mol. The Hall–Kier alpha value is -3.81. The number of rotatable bonds is 11. The van der Waals surface area contributed by atoms with E-state index in [1.807, 2.05) is 0 Å². The molecule has 0 bridgehead atoms. The van der Waals surface area contributed by atoms with Crippen LogP contribution >= 0.6 is 34.9 Å². The largest absolute Gasteiger partial charge is 0.481 e. The van der Waals surface area contributed by atoms with Gasteiger partial charge in [-0.2, -0.15) is 0 Å². The van der Waals surface area contributed by atoms with Crippen molar-refractivity contribution in [1.82, 2.24) is 20.1 Å². The number of fused-ring (bicyclic) bond motifs is 1. The Morgan fingerprint density at radius 2 is 2.07 bits per heavy atom. The van der Waals surface area contributed by atoms with E-state index in [0.717, 1.165) is 16.2 Å². The van der Waals surface area contributed by atoms with E-state index in [0.29, 0.717) is 10.6 Å². The van der Waals surface area contributed by atoms with E-state index in [1.54, 1.807) is 18.0 Å². The number of aromatic nitrogens is 1. The summed E-state index contributed by atoms with van der Waals surface area (Å²) in [4.78, 5) is 65.6. The third-order valence-electron chi connectivity index (χ3n) is 6.04. The summed E-state index contributed by atoms with van der Waals surface area (Å²) in [6.45, 7) is 1.46. The van der Waals surface area contributed by atoms with Gasteiger partial charge in [0, 0.05) is 23.9 Å². The van der Waals surface area contributed by atoms with Gasteiger partial charge in [-0.25, -0.2) is 14.8 Å². The number of aliphatic imine (C=N–C) groups is 1. The summed E-state index contributed by atoms with van der Waals surface area (Å²) in [6.07, 6.45) is -0.00129. The summed E-state index contributed by atoms with van der Waals surface area (Å²) in [5, 5.41) is 26.7. The first-order valence-corrected chi connectivity index (χ1v) is 14.8. The van der Waals surface area contributed by atoms with E-state index in [2.05, 4.69) is 20.4 Å². The lowest BCUT2D eigenvalue weighted by molar-refractivity contribution is -0.150. The van der Waals surface area contributed by atoms with Crippen molar-refractivity contribution < 1.29 is 34.2 Å². The van der Waals surface area contributed by atoms with Crippen molar-refractivity contribution in [3.05, 3.63) is 33.4 Å². The van der Waals surface area contributed by atoms with Gasteiger partial charge in [0.15, 0.2) is 16.8 Å². The lowest BCUT2D eigenvalue weighted by atomic mass is 10.0. The van der Waals surface area contributed by atoms with Crippen molar-refractivity contribution in [3.8, 4) is 0 Å². The third kappa shape index (κ3) is 6.58. The maximum absolute atomic E-state index is 13.2. The molecule has 4 heterocycles. The maximum Gasteiger partial charge on any atom is 0.352 e. The first kappa shape index (κ1) is 30.2. The predicted octanol–water partition coefficient (Wildman–Crippen LogP) is -0.833. The molecule has 1 fully saturated rings. The second-order valence-corrected chi connectivity index (χ2v) is 12.0. The minimum atomic E-state index is -1.28. The molecule has 19 heteroatoms. The zero-order valence-electron chi connectivity index (χ0n) is 21.7. The number of aliphatic carboxylic acids is 2. The number of nitrogens with zero attached hydrogens (tertiary/aromatic N) is 5. The third-order valence-corrected chi connectivity index (χ3v) is 9.07. The van der Waals surface area contributed by atoms with Crippen LogP contribution in [0.15, 0.2) is 37.9 Å². The van der Waals surface area contributed by atoms with Crippen LogP contribution in [0.5, 0.6) is 0 Å². The minimum absolute atomic E-state index is 0.0732. The molecular formula is C22H27N9O7S3. The zero-order chi connectivity index (χ0) is 30.0. The Morgan fingerprint density at radius 1 is 1.34 bits per heavy atom. The number of likely N-dealkylation sites (N-methyl/N-ethyl adjacent to an activating group) is 1. The van der Waals surface area contributed by atoms with Gasteiger partial charge in [-0.1, -0.05) is 5.16 Å². The lowest BCUT2D eigenvalue weighted by Gasteiger charge is -2.49. The molecule has 0 spiro atoms. The number of amides is 2. The number of nitrogens with two attached hydrogens (primary N) is 3. The van der Waals surface area contributed by atoms with E-state index in [4.69, 9.17) is 27.1 Å². The van der Waals surface area contributed by atoms with Crippen LogP contribution < -0.4 is 22.5 Å². The summed E-state index contributed by atoms with van der Waals surface area (Å²) < 4.78 is 0. The van der Waals surface area contributed by atoms with Crippen LogP contribution in [0.3, 0.4) is 0 Å². The molecule has 1 saturated heterocycles. The molecule has 41 heavy (non-hydrogen) atoms. The van der Waals surface area contributed by atoms with Crippen molar-refractivity contribution in [2.45, 2.75) is 37.0 Å². The smallest absolute Gasteiger partial charge is 0.352 e. The number of β-lactam (4-membered cyclic amide) rings is 1. The van der Waals surface area contributed by atoms with Crippen molar-refractivity contribution in [2.75, 3.05) is 24.3 Å². The number of nitrogens with one attached hydrogen (secondary N) is 1. The van der Waals surface area contributed by atoms with Crippen molar-refractivity contribution in [2.24, 2.45) is 21.6 Å². The summed E-state index contributed by atoms with van der Waals surface area (Å²) in [5.74, 6) is -3.08. The average Bonchev–Trinajstić information content (AvgIpc) is 3.33. The van der Waals surface area contributed by atoms with E-state index in [-0.39, 0.29) is 46.1 Å². The number of carbonyl (C=O) groups excluding carboxylic acids is 2. The minimum Gasteiger partial charge on any atom is -0.481 e. The number of guanidine groups is 1. The van der Waals surface area contributed by atoms with Crippen molar-refractivity contribution in [1.29, 1.82) is 0 Å². The van der Waals surface area contributed by atoms with E-state index >= 15 is 0 Å². The molecule has 2 amide bonds. The van der Waals surface area contributed by atoms with Crippen LogP contribution in [-0.2, 0) is 24.0 Å². The van der Waals surface area contributed by atoms with Gasteiger partial charge < -0.3 is 42.5 Å². The van der Waals surface area contributed by atoms with Gasteiger partial charge >= 0.3 is 11.9 Å². The Bertz CT molecular complexity index is 1390. The second-order valence-electron chi connectivity index (χ2n) is 9.01. The maximum atomic E-state index is 13.2. The molecule has 16 nitrogen and oxygen atoms in total. The topological polar surface area (TPSA) is 252 Å². The Labute approximate surface area is 245 Å². The lowest BCUT2D eigenvalue weighted by Crippen LogP contribution is -2.71. The molecule has 4 rings (SSSR count). The van der Waals surface area contributed by atoms with E-state index < -0.39 is 47.4 Å². The van der Waals surface area contributed by atoms with Gasteiger partial charge in [-0.05, 0) is 18.6 Å². The van der Waals surface area contributed by atoms with Crippen LogP contribution in [0, 0.1) is 0 Å². The molecule has 0 saturated carbocycles. The van der Waals surface area contributed by atoms with Crippen LogP contribution in [-0.4, -0.2) is 103 Å². The van der Waals surface area contributed by atoms with Gasteiger partial charge in [0.05, 0.1) is 11.4 Å². The SMILES string of the molecule is CC(CC(=O)O)O/N=C(\C(=O)N[C@@H]1C(=O)N2C(C(=O)O)=C(CSC3=CC(N)N(C)C(N)=N3)CS[C@H]12)c1csc(N)n1. The normalized spacial score (nSPS) is 23.2. The van der Waals surface area contributed by atoms with Crippen molar-refractivity contribution in [3.63, 3.8) is 0 Å². The standard InChI is InChI=1S/C22H27N9O7S3/c1-8(3-13(32)33)38-29-14(10-7-41-22(25)26-10)17(34)28-15-18(35)31-16(20(36)37)9(6-40-19(15)31)5-39-12-4-11(23)30(2)21(24)27-12/h4,7-8,11,15,19H,3,5-6,23H2,1-2H3,(H2,24,27)(H2,25,26)(H,28,34)(H,32,33)(H,36,37)/b29-14-/t8?,11?,15-,19-/m1/s1. The fraction of sp³-hybridized carbons (Fsp3) is 0.409. The number of carbonyl (C=O) groups is 4. The van der Waals surface area contributed by atoms with Gasteiger partial charge in [0.2, 0.25) is 0 Å². The second kappa shape index (κ2) is 12.4. The summed E-state index contributed by atoms with van der Waals surface area (Å²) in [5.41, 5.74) is 17.7. The highest BCUT2D eigenvalue weighted by Gasteiger charge is 2.54. The van der Waals surface area contributed by atoms with Crippen LogP contribution in [0.25, 0.3) is 0 Å². The van der Waals surface area contributed by atoms with Gasteiger partial charge in [0.25, 0.3) is 11.8 Å².